The van der Waals surface area contributed by atoms with Crippen LogP contribution in [0.2, 0.25) is 0 Å². The Labute approximate surface area is 400 Å². The van der Waals surface area contributed by atoms with Crippen LogP contribution in [-0.4, -0.2) is 95.6 Å². The molecule has 0 bridgehead atoms. The number of hydrogen-bond acceptors (Lipinski definition) is 10. The second kappa shape index (κ2) is 24.4. The van der Waals surface area contributed by atoms with Gasteiger partial charge < -0.3 is 42.0 Å². The molecule has 2 fully saturated rings. The average molecular weight is 942 g/mol. The van der Waals surface area contributed by atoms with Crippen molar-refractivity contribution in [3.05, 3.63) is 131 Å². The third-order valence-electron chi connectivity index (χ3n) is 12.4. The van der Waals surface area contributed by atoms with Gasteiger partial charge in [-0.15, -0.1) is 0 Å². The number of rotatable bonds is 21. The van der Waals surface area contributed by atoms with E-state index in [1.807, 2.05) is 18.2 Å². The van der Waals surface area contributed by atoms with E-state index in [9.17, 15) is 38.4 Å². The quantitative estimate of drug-likeness (QED) is 0.0510. The summed E-state index contributed by atoms with van der Waals surface area (Å²) in [6.45, 7) is 2.46. The second-order valence-corrected chi connectivity index (χ2v) is 17.4. The van der Waals surface area contributed by atoms with Crippen molar-refractivity contribution >= 4 is 52.9 Å². The highest BCUT2D eigenvalue weighted by molar-refractivity contribution is 6.38. The molecule has 1 aliphatic carbocycles. The number of para-hydroxylation sites is 1. The van der Waals surface area contributed by atoms with Crippen LogP contribution in [0.3, 0.4) is 0 Å². The Kier molecular flexibility index (Phi) is 17.9. The summed E-state index contributed by atoms with van der Waals surface area (Å²) >= 11 is 0. The Balaban J connectivity index is 1.20. The first-order valence-electron chi connectivity index (χ1n) is 23.3. The summed E-state index contributed by atoms with van der Waals surface area (Å²) < 4.78 is 5.92. The molecule has 6 rings (SSSR count). The number of ketones is 2. The second-order valence-electron chi connectivity index (χ2n) is 17.4. The van der Waals surface area contributed by atoms with Crippen molar-refractivity contribution in [2.75, 3.05) is 19.6 Å². The zero-order chi connectivity index (χ0) is 49.5. The summed E-state index contributed by atoms with van der Waals surface area (Å²) in [7, 11) is 0. The lowest BCUT2D eigenvalue weighted by Crippen LogP contribution is -2.58. The van der Waals surface area contributed by atoms with Crippen molar-refractivity contribution < 1.29 is 47.9 Å². The van der Waals surface area contributed by atoms with E-state index in [1.54, 1.807) is 85.8 Å². The maximum absolute atomic E-state index is 15.0. The summed E-state index contributed by atoms with van der Waals surface area (Å²) in [5, 5.41) is 13.3. The number of benzene rings is 4. The van der Waals surface area contributed by atoms with E-state index in [-0.39, 0.29) is 48.8 Å². The molecule has 1 saturated carbocycles. The van der Waals surface area contributed by atoms with Crippen LogP contribution in [0, 0.1) is 11.8 Å². The first-order chi connectivity index (χ1) is 33.2. The summed E-state index contributed by atoms with van der Waals surface area (Å²) in [5.74, 6) is -6.22. The monoisotopic (exact) mass is 941 g/mol. The SMILES string of the molecule is CCCC(NC(=O)C1C[C@@H](CNC(=O)c2cccc(Oc3ccccc3)c2)CN1C(=O)[C@@H](NC(=O)c1ccccc1C(C)=O)C1CCCCC1)C(=O)C(=O)NCC(=O)N[C@H](C(N)=O)c1ccccc1. The van der Waals surface area contributed by atoms with Gasteiger partial charge in [-0.3, -0.25) is 43.2 Å². The summed E-state index contributed by atoms with van der Waals surface area (Å²) in [4.78, 5) is 123. The predicted molar refractivity (Wildman–Crippen MR) is 255 cm³/mol. The van der Waals surface area contributed by atoms with E-state index in [0.717, 1.165) is 19.3 Å². The van der Waals surface area contributed by atoms with Gasteiger partial charge in [0.25, 0.3) is 17.7 Å². The molecule has 2 aliphatic rings. The van der Waals surface area contributed by atoms with Gasteiger partial charge in [0.2, 0.25) is 29.4 Å². The lowest BCUT2D eigenvalue weighted by atomic mass is 9.83. The first-order valence-corrected chi connectivity index (χ1v) is 23.3. The first kappa shape index (κ1) is 50.7. The van der Waals surface area contributed by atoms with Crippen molar-refractivity contribution in [1.29, 1.82) is 0 Å². The number of carbonyl (C=O) groups is 9. The van der Waals surface area contributed by atoms with Gasteiger partial charge in [0.05, 0.1) is 18.2 Å². The maximum atomic E-state index is 15.0. The Morgan fingerprint density at radius 2 is 1.38 bits per heavy atom. The standard InChI is InChI=1S/C52H59N7O10/c1-3-16-41(46(62)51(67)55-30-43(61)57-44(47(53)63)34-17-7-4-8-18-34)56-50(66)42-27-33(29-54-48(64)36-21-15-24-38(28-36)69-37-22-11-6-12-23-37)31-59(42)52(68)45(35-19-9-5-10-20-35)58-49(65)40-26-14-13-25-39(40)32(2)60/h4,6-8,11-15,17-18,21-26,28,33,35,41-42,44-45H,3,5,9-10,16,19-20,27,29-31H2,1-2H3,(H2,53,63)(H,54,64)(H,55,67)(H,56,66)(H,57,61)(H,58,65)/t33-,41?,42?,44-,45-/m0/s1. The van der Waals surface area contributed by atoms with Crippen LogP contribution in [0.25, 0.3) is 0 Å². The predicted octanol–water partition coefficient (Wildman–Crippen LogP) is 4.32. The number of nitrogens with two attached hydrogens (primary N) is 1. The smallest absolute Gasteiger partial charge is 0.290 e. The van der Waals surface area contributed by atoms with Crippen LogP contribution in [0.4, 0.5) is 0 Å². The van der Waals surface area contributed by atoms with Crippen LogP contribution in [0.15, 0.2) is 109 Å². The molecule has 7 amide bonds. The van der Waals surface area contributed by atoms with E-state index in [4.69, 9.17) is 10.5 Å². The fraction of sp³-hybridized carbons (Fsp3) is 0.365. The molecule has 4 aromatic carbocycles. The van der Waals surface area contributed by atoms with Crippen LogP contribution < -0.4 is 37.1 Å². The van der Waals surface area contributed by atoms with E-state index in [0.29, 0.717) is 41.9 Å². The van der Waals surface area contributed by atoms with Crippen LogP contribution in [-0.2, 0) is 28.8 Å². The molecule has 1 aliphatic heterocycles. The summed E-state index contributed by atoms with van der Waals surface area (Å²) in [6.07, 6.45) is 4.26. The van der Waals surface area contributed by atoms with Gasteiger partial charge in [-0.1, -0.05) is 105 Å². The highest BCUT2D eigenvalue weighted by Crippen LogP contribution is 2.32. The normalized spacial score (nSPS) is 17.0. The van der Waals surface area contributed by atoms with Gasteiger partial charge in [-0.2, -0.15) is 0 Å². The topological polar surface area (TPSA) is 252 Å². The summed E-state index contributed by atoms with van der Waals surface area (Å²) in [5.41, 5.74) is 6.54. The Bertz CT molecular complexity index is 2510. The highest BCUT2D eigenvalue weighted by Gasteiger charge is 2.45. The zero-order valence-electron chi connectivity index (χ0n) is 38.7. The fourth-order valence-corrected chi connectivity index (χ4v) is 8.87. The number of likely N-dealkylation sites (tertiary alicyclic amines) is 1. The molecule has 0 aromatic heterocycles. The molecule has 17 nitrogen and oxygen atoms in total. The number of Topliss-reactive ketones (excluding diaryl/α,β-unsaturated/α-hetero) is 2. The van der Waals surface area contributed by atoms with Crippen molar-refractivity contribution in [3.8, 4) is 11.5 Å². The molecule has 17 heteroatoms. The Morgan fingerprint density at radius 3 is 2.04 bits per heavy atom. The molecule has 0 radical (unpaired) electrons. The molecule has 4 aromatic rings. The van der Waals surface area contributed by atoms with Crippen LogP contribution >= 0.6 is 0 Å². The molecule has 1 saturated heterocycles. The Hall–Kier alpha value is -7.69. The minimum atomic E-state index is -1.36. The molecule has 69 heavy (non-hydrogen) atoms. The van der Waals surface area contributed by atoms with Crippen molar-refractivity contribution in [3.63, 3.8) is 0 Å². The number of ether oxygens (including phenoxy) is 1. The lowest BCUT2D eigenvalue weighted by molar-refractivity contribution is -0.143. The van der Waals surface area contributed by atoms with Gasteiger partial charge in [0, 0.05) is 24.2 Å². The molecule has 1 heterocycles. The van der Waals surface area contributed by atoms with Crippen molar-refractivity contribution in [1.82, 2.24) is 31.5 Å². The minimum absolute atomic E-state index is 0.00521. The Morgan fingerprint density at radius 1 is 0.725 bits per heavy atom. The minimum Gasteiger partial charge on any atom is -0.457 e. The number of nitrogens with zero attached hydrogens (tertiary/aromatic N) is 1. The summed E-state index contributed by atoms with van der Waals surface area (Å²) in [6, 6.07) is 25.4. The van der Waals surface area contributed by atoms with E-state index in [1.165, 1.54) is 24.0 Å². The van der Waals surface area contributed by atoms with Gasteiger partial charge in [0.15, 0.2) is 5.78 Å². The van der Waals surface area contributed by atoms with E-state index >= 15 is 4.79 Å². The van der Waals surface area contributed by atoms with Crippen LogP contribution in [0.5, 0.6) is 11.5 Å². The average Bonchev–Trinajstić information content (AvgIpc) is 3.80. The van der Waals surface area contributed by atoms with Gasteiger partial charge in [-0.05, 0) is 86.4 Å². The van der Waals surface area contributed by atoms with Crippen LogP contribution in [0.1, 0.15) is 108 Å². The molecule has 0 spiro atoms. The molecule has 2 unspecified atom stereocenters. The third kappa shape index (κ3) is 13.7. The molecule has 362 valence electrons. The molecular weight excluding hydrogens is 883 g/mol. The van der Waals surface area contributed by atoms with Gasteiger partial charge in [-0.25, -0.2) is 0 Å². The number of amides is 7. The largest absolute Gasteiger partial charge is 0.457 e. The number of hydrogen-bond donors (Lipinski definition) is 6. The number of nitrogens with one attached hydrogen (secondary N) is 5. The van der Waals surface area contributed by atoms with E-state index in [2.05, 4.69) is 26.6 Å². The zero-order valence-corrected chi connectivity index (χ0v) is 38.7. The fourth-order valence-electron chi connectivity index (χ4n) is 8.87. The third-order valence-corrected chi connectivity index (χ3v) is 12.4. The van der Waals surface area contributed by atoms with Gasteiger partial charge in [0.1, 0.15) is 29.6 Å². The maximum Gasteiger partial charge on any atom is 0.290 e. The number of carbonyl (C=O) groups excluding carboxylic acids is 9. The van der Waals surface area contributed by atoms with E-state index < -0.39 is 83.8 Å². The number of primary amides is 1. The van der Waals surface area contributed by atoms with Crippen molar-refractivity contribution in [2.45, 2.75) is 89.4 Å². The molecule has 5 atom stereocenters. The highest BCUT2D eigenvalue weighted by atomic mass is 16.5. The lowest BCUT2D eigenvalue weighted by Gasteiger charge is -2.35. The van der Waals surface area contributed by atoms with Gasteiger partial charge >= 0.3 is 0 Å². The molecular formula is C52H59N7O10. The molecule has 7 N–H and O–H groups in total. The van der Waals surface area contributed by atoms with Crippen molar-refractivity contribution in [2.24, 2.45) is 17.6 Å².